The molecule has 1 aliphatic rings. The van der Waals surface area contributed by atoms with E-state index in [1.54, 1.807) is 12.4 Å². The number of aromatic nitrogens is 1. The van der Waals surface area contributed by atoms with Crippen molar-refractivity contribution in [2.24, 2.45) is 0 Å². The van der Waals surface area contributed by atoms with Gasteiger partial charge in [0.15, 0.2) is 5.75 Å². The van der Waals surface area contributed by atoms with Gasteiger partial charge in [0.2, 0.25) is 0 Å². The number of hydrogen-bond acceptors (Lipinski definition) is 4. The van der Waals surface area contributed by atoms with Crippen molar-refractivity contribution in [3.63, 3.8) is 0 Å². The van der Waals surface area contributed by atoms with Gasteiger partial charge in [0.05, 0.1) is 22.8 Å². The number of nitriles is 1. The fraction of sp³-hybridized carbons (Fsp3) is 0.400. The first-order valence-corrected chi connectivity index (χ1v) is 5.66. The molecule has 0 aromatic carbocycles. The predicted octanol–water partition coefficient (Wildman–Crippen LogP) is 2.22. The zero-order valence-corrected chi connectivity index (χ0v) is 8.67. The molecule has 1 aromatic rings. The van der Waals surface area contributed by atoms with Crippen LogP contribution < -0.4 is 4.74 Å². The molecule has 4 heteroatoms. The highest BCUT2D eigenvalue weighted by Crippen LogP contribution is 2.34. The molecular formula is C10H10N2OS. The summed E-state index contributed by atoms with van der Waals surface area (Å²) in [5, 5.41) is 8.86. The Morgan fingerprint density at radius 3 is 2.93 bits per heavy atom. The third-order valence-corrected chi connectivity index (χ3v) is 2.84. The summed E-state index contributed by atoms with van der Waals surface area (Å²) >= 11 is 1.53. The lowest BCUT2D eigenvalue weighted by atomic mass is 10.3. The summed E-state index contributed by atoms with van der Waals surface area (Å²) in [6, 6.07) is 2.12. The Labute approximate surface area is 87.1 Å². The maximum Gasteiger partial charge on any atom is 0.152 e. The van der Waals surface area contributed by atoms with Crippen molar-refractivity contribution in [1.29, 1.82) is 5.26 Å². The minimum atomic E-state index is 0.344. The molecule has 0 bridgehead atoms. The summed E-state index contributed by atoms with van der Waals surface area (Å²) in [4.78, 5) is 4.88. The van der Waals surface area contributed by atoms with E-state index >= 15 is 0 Å². The second kappa shape index (κ2) is 3.89. The van der Waals surface area contributed by atoms with Crippen LogP contribution >= 0.6 is 11.8 Å². The van der Waals surface area contributed by atoms with Gasteiger partial charge in [-0.3, -0.25) is 4.98 Å². The highest BCUT2D eigenvalue weighted by molar-refractivity contribution is 7.98. The number of nitrogens with zero attached hydrogens (tertiary/aromatic N) is 2. The summed E-state index contributed by atoms with van der Waals surface area (Å²) in [6.07, 6.45) is 7.78. The van der Waals surface area contributed by atoms with Crippen LogP contribution in [0.2, 0.25) is 0 Å². The van der Waals surface area contributed by atoms with Crippen molar-refractivity contribution in [1.82, 2.24) is 4.98 Å². The summed E-state index contributed by atoms with van der Waals surface area (Å²) in [6.45, 7) is 0. The largest absolute Gasteiger partial charge is 0.488 e. The summed E-state index contributed by atoms with van der Waals surface area (Å²) in [7, 11) is 0. The van der Waals surface area contributed by atoms with Gasteiger partial charge in [0.1, 0.15) is 6.07 Å². The molecular weight excluding hydrogens is 196 g/mol. The van der Waals surface area contributed by atoms with Gasteiger partial charge in [-0.2, -0.15) is 5.26 Å². The van der Waals surface area contributed by atoms with Crippen LogP contribution in [0.1, 0.15) is 18.4 Å². The molecule has 0 spiro atoms. The summed E-state index contributed by atoms with van der Waals surface area (Å²) in [5.74, 6) is 0.749. The Morgan fingerprint density at radius 2 is 2.36 bits per heavy atom. The van der Waals surface area contributed by atoms with Gasteiger partial charge in [-0.15, -0.1) is 11.8 Å². The molecule has 1 heterocycles. The lowest BCUT2D eigenvalue weighted by Gasteiger charge is -2.08. The van der Waals surface area contributed by atoms with Crippen LogP contribution in [0.5, 0.6) is 5.75 Å². The van der Waals surface area contributed by atoms with Crippen molar-refractivity contribution in [3.8, 4) is 11.8 Å². The van der Waals surface area contributed by atoms with Gasteiger partial charge >= 0.3 is 0 Å². The maximum absolute atomic E-state index is 8.86. The fourth-order valence-corrected chi connectivity index (χ4v) is 1.79. The Morgan fingerprint density at radius 1 is 1.57 bits per heavy atom. The van der Waals surface area contributed by atoms with Crippen LogP contribution in [0.3, 0.4) is 0 Å². The zero-order valence-electron chi connectivity index (χ0n) is 7.86. The number of hydrogen-bond donors (Lipinski definition) is 0. The van der Waals surface area contributed by atoms with Crippen LogP contribution in [0.4, 0.5) is 0 Å². The van der Waals surface area contributed by atoms with Crippen molar-refractivity contribution in [2.45, 2.75) is 23.8 Å². The van der Waals surface area contributed by atoms with E-state index < -0.39 is 0 Å². The third-order valence-electron chi connectivity index (χ3n) is 2.01. The Bertz CT molecular complexity index is 382. The highest BCUT2D eigenvalue weighted by atomic mass is 32.2. The minimum Gasteiger partial charge on any atom is -0.488 e. The van der Waals surface area contributed by atoms with Crippen LogP contribution in [0.25, 0.3) is 0 Å². The zero-order chi connectivity index (χ0) is 9.97. The first-order chi connectivity index (χ1) is 6.85. The molecule has 14 heavy (non-hydrogen) atoms. The number of rotatable bonds is 3. The fourth-order valence-electron chi connectivity index (χ4n) is 1.17. The Balaban J connectivity index is 2.32. The Hall–Kier alpha value is -1.21. The highest BCUT2D eigenvalue weighted by Gasteiger charge is 2.25. The summed E-state index contributed by atoms with van der Waals surface area (Å²) < 4.78 is 5.66. The summed E-state index contributed by atoms with van der Waals surface area (Å²) in [5.41, 5.74) is 0.593. The topological polar surface area (TPSA) is 45.9 Å². The van der Waals surface area contributed by atoms with E-state index in [0.29, 0.717) is 11.7 Å². The van der Waals surface area contributed by atoms with Gasteiger partial charge in [-0.05, 0) is 19.1 Å². The Kier molecular flexibility index (Phi) is 2.60. The third kappa shape index (κ3) is 1.83. The quantitative estimate of drug-likeness (QED) is 0.711. The molecule has 0 amide bonds. The van der Waals surface area contributed by atoms with Gasteiger partial charge in [-0.1, -0.05) is 0 Å². The maximum atomic E-state index is 8.86. The molecule has 3 nitrogen and oxygen atoms in total. The minimum absolute atomic E-state index is 0.344. The molecule has 1 saturated carbocycles. The van der Waals surface area contributed by atoms with E-state index in [9.17, 15) is 0 Å². The lowest BCUT2D eigenvalue weighted by Crippen LogP contribution is -1.99. The van der Waals surface area contributed by atoms with Crippen molar-refractivity contribution in [3.05, 3.63) is 18.0 Å². The van der Waals surface area contributed by atoms with Crippen LogP contribution in [0.15, 0.2) is 17.3 Å². The van der Waals surface area contributed by atoms with Crippen molar-refractivity contribution in [2.75, 3.05) is 6.26 Å². The second-order valence-electron chi connectivity index (χ2n) is 3.15. The van der Waals surface area contributed by atoms with E-state index in [0.717, 1.165) is 23.5 Å². The molecule has 1 aliphatic carbocycles. The first kappa shape index (κ1) is 9.35. The van der Waals surface area contributed by atoms with Crippen molar-refractivity contribution < 1.29 is 4.74 Å². The first-order valence-electron chi connectivity index (χ1n) is 4.44. The smallest absolute Gasteiger partial charge is 0.152 e. The van der Waals surface area contributed by atoms with Crippen LogP contribution in [-0.4, -0.2) is 17.3 Å². The average molecular weight is 206 g/mol. The van der Waals surface area contributed by atoms with E-state index in [4.69, 9.17) is 10.00 Å². The molecule has 72 valence electrons. The van der Waals surface area contributed by atoms with E-state index in [1.165, 1.54) is 11.8 Å². The van der Waals surface area contributed by atoms with Gasteiger partial charge < -0.3 is 4.74 Å². The SMILES string of the molecule is CSc1c(C#N)cncc1OC1CC1. The van der Waals surface area contributed by atoms with Gasteiger partial charge in [-0.25, -0.2) is 0 Å². The molecule has 0 aliphatic heterocycles. The second-order valence-corrected chi connectivity index (χ2v) is 3.96. The standard InChI is InChI=1S/C10H10N2OS/c1-14-10-7(4-11)5-12-6-9(10)13-8-2-3-8/h5-6,8H,2-3H2,1H3. The molecule has 0 saturated heterocycles. The molecule has 1 aromatic heterocycles. The lowest BCUT2D eigenvalue weighted by molar-refractivity contribution is 0.294. The molecule has 0 radical (unpaired) electrons. The molecule has 1 fully saturated rings. The number of pyridine rings is 1. The van der Waals surface area contributed by atoms with E-state index in [1.807, 2.05) is 6.26 Å². The molecule has 2 rings (SSSR count). The molecule has 0 atom stereocenters. The monoisotopic (exact) mass is 206 g/mol. The average Bonchev–Trinajstić information content (AvgIpc) is 3.01. The number of ether oxygens (including phenoxy) is 1. The van der Waals surface area contributed by atoms with Gasteiger partial charge in [0, 0.05) is 6.20 Å². The van der Waals surface area contributed by atoms with E-state index in [-0.39, 0.29) is 0 Å². The number of thioether (sulfide) groups is 1. The molecule has 0 unspecified atom stereocenters. The van der Waals surface area contributed by atoms with Crippen LogP contribution in [-0.2, 0) is 0 Å². The predicted molar refractivity (Wildman–Crippen MR) is 54.4 cm³/mol. The molecule has 0 N–H and O–H groups in total. The van der Waals surface area contributed by atoms with Gasteiger partial charge in [0.25, 0.3) is 0 Å². The normalized spacial score (nSPS) is 14.9. The van der Waals surface area contributed by atoms with Crippen LogP contribution in [0, 0.1) is 11.3 Å². The van der Waals surface area contributed by atoms with Crippen molar-refractivity contribution >= 4 is 11.8 Å². The van der Waals surface area contributed by atoms with E-state index in [2.05, 4.69) is 11.1 Å².